The van der Waals surface area contributed by atoms with E-state index in [9.17, 15) is 4.79 Å². The number of amides is 1. The zero-order valence-corrected chi connectivity index (χ0v) is 16.0. The van der Waals surface area contributed by atoms with Crippen LogP contribution in [0.1, 0.15) is 16.7 Å². The molecule has 0 bridgehead atoms. The van der Waals surface area contributed by atoms with Crippen molar-refractivity contribution in [3.05, 3.63) is 83.7 Å². The predicted octanol–water partition coefficient (Wildman–Crippen LogP) is 3.28. The number of aromatic nitrogens is 2. The third kappa shape index (κ3) is 5.23. The van der Waals surface area contributed by atoms with Crippen LogP contribution in [0.25, 0.3) is 6.08 Å². The van der Waals surface area contributed by atoms with E-state index in [2.05, 4.69) is 10.4 Å². The Morgan fingerprint density at radius 1 is 1.07 bits per heavy atom. The Hall–Kier alpha value is -3.54. The monoisotopic (exact) mass is 377 g/mol. The molecule has 0 aliphatic rings. The standard InChI is InChI=1S/C22H23N3O3/c1-27-20-12-17(13-21(14-20)28-2)8-9-22(26)23-15-18-6-3-4-7-19(18)16-25-11-5-10-24-25/h3-14H,15-16H2,1-2H3,(H,23,26)/b9-8+. The summed E-state index contributed by atoms with van der Waals surface area (Å²) in [6, 6.07) is 15.4. The Kier molecular flexibility index (Phi) is 6.46. The minimum atomic E-state index is -0.171. The highest BCUT2D eigenvalue weighted by atomic mass is 16.5. The van der Waals surface area contributed by atoms with E-state index in [1.54, 1.807) is 32.6 Å². The van der Waals surface area contributed by atoms with Gasteiger partial charge in [-0.2, -0.15) is 5.10 Å². The molecule has 1 N–H and O–H groups in total. The van der Waals surface area contributed by atoms with E-state index < -0.39 is 0 Å². The number of hydrogen-bond donors (Lipinski definition) is 1. The van der Waals surface area contributed by atoms with Gasteiger partial charge in [0, 0.05) is 31.1 Å². The molecule has 1 amide bonds. The number of rotatable bonds is 8. The number of benzene rings is 2. The third-order valence-electron chi connectivity index (χ3n) is 4.26. The lowest BCUT2D eigenvalue weighted by atomic mass is 10.1. The summed E-state index contributed by atoms with van der Waals surface area (Å²) < 4.78 is 12.3. The second-order valence-electron chi connectivity index (χ2n) is 6.17. The van der Waals surface area contributed by atoms with Crippen molar-refractivity contribution in [2.75, 3.05) is 14.2 Å². The van der Waals surface area contributed by atoms with Crippen LogP contribution in [0.4, 0.5) is 0 Å². The predicted molar refractivity (Wildman–Crippen MR) is 108 cm³/mol. The number of ether oxygens (including phenoxy) is 2. The van der Waals surface area contributed by atoms with E-state index in [-0.39, 0.29) is 5.91 Å². The molecule has 0 aliphatic heterocycles. The number of nitrogens with zero attached hydrogens (tertiary/aromatic N) is 2. The SMILES string of the molecule is COc1cc(/C=C/C(=O)NCc2ccccc2Cn2cccn2)cc(OC)c1. The molecular weight excluding hydrogens is 354 g/mol. The molecule has 0 saturated heterocycles. The number of carbonyl (C=O) groups excluding carboxylic acids is 1. The maximum absolute atomic E-state index is 12.2. The molecule has 0 radical (unpaired) electrons. The molecule has 144 valence electrons. The van der Waals surface area contributed by atoms with Crippen LogP contribution >= 0.6 is 0 Å². The lowest BCUT2D eigenvalue weighted by molar-refractivity contribution is -0.116. The zero-order chi connectivity index (χ0) is 19.8. The summed E-state index contributed by atoms with van der Waals surface area (Å²) in [5, 5.41) is 7.17. The van der Waals surface area contributed by atoms with Crippen molar-refractivity contribution in [3.8, 4) is 11.5 Å². The first kappa shape index (κ1) is 19.2. The van der Waals surface area contributed by atoms with Crippen LogP contribution < -0.4 is 14.8 Å². The van der Waals surface area contributed by atoms with Crippen LogP contribution in [0.2, 0.25) is 0 Å². The molecule has 6 heteroatoms. The van der Waals surface area contributed by atoms with Crippen LogP contribution in [-0.4, -0.2) is 29.9 Å². The van der Waals surface area contributed by atoms with Gasteiger partial charge in [-0.3, -0.25) is 9.48 Å². The van der Waals surface area contributed by atoms with E-state index in [1.165, 1.54) is 6.08 Å². The Bertz CT molecular complexity index is 927. The number of methoxy groups -OCH3 is 2. The number of nitrogens with one attached hydrogen (secondary N) is 1. The van der Waals surface area contributed by atoms with E-state index in [4.69, 9.17) is 9.47 Å². The van der Waals surface area contributed by atoms with Gasteiger partial charge in [0.05, 0.1) is 20.8 Å². The second-order valence-corrected chi connectivity index (χ2v) is 6.17. The van der Waals surface area contributed by atoms with Crippen molar-refractivity contribution in [1.29, 1.82) is 0 Å². The van der Waals surface area contributed by atoms with E-state index in [1.807, 2.05) is 53.3 Å². The molecule has 1 heterocycles. The normalized spacial score (nSPS) is 10.8. The van der Waals surface area contributed by atoms with Crippen molar-refractivity contribution >= 4 is 12.0 Å². The molecule has 0 fully saturated rings. The van der Waals surface area contributed by atoms with Crippen molar-refractivity contribution in [2.45, 2.75) is 13.1 Å². The number of hydrogen-bond acceptors (Lipinski definition) is 4. The molecule has 3 aromatic rings. The van der Waals surface area contributed by atoms with Crippen molar-refractivity contribution in [2.24, 2.45) is 0 Å². The first-order valence-electron chi connectivity index (χ1n) is 8.91. The fraction of sp³-hybridized carbons (Fsp3) is 0.182. The maximum atomic E-state index is 12.2. The highest BCUT2D eigenvalue weighted by Crippen LogP contribution is 2.23. The molecule has 6 nitrogen and oxygen atoms in total. The lowest BCUT2D eigenvalue weighted by Gasteiger charge is -2.10. The van der Waals surface area contributed by atoms with Crippen LogP contribution in [0, 0.1) is 0 Å². The first-order valence-corrected chi connectivity index (χ1v) is 8.91. The van der Waals surface area contributed by atoms with Gasteiger partial charge in [-0.1, -0.05) is 24.3 Å². The fourth-order valence-electron chi connectivity index (χ4n) is 2.79. The second kappa shape index (κ2) is 9.41. The molecule has 0 atom stereocenters. The summed E-state index contributed by atoms with van der Waals surface area (Å²) >= 11 is 0. The quantitative estimate of drug-likeness (QED) is 0.612. The largest absolute Gasteiger partial charge is 0.497 e. The van der Waals surface area contributed by atoms with Gasteiger partial charge in [0.15, 0.2) is 0 Å². The lowest BCUT2D eigenvalue weighted by Crippen LogP contribution is -2.21. The Morgan fingerprint density at radius 3 is 2.43 bits per heavy atom. The van der Waals surface area contributed by atoms with Crippen LogP contribution in [-0.2, 0) is 17.9 Å². The van der Waals surface area contributed by atoms with Crippen molar-refractivity contribution in [3.63, 3.8) is 0 Å². The molecule has 0 spiro atoms. The molecule has 0 saturated carbocycles. The van der Waals surface area contributed by atoms with E-state index in [0.717, 1.165) is 16.7 Å². The Morgan fingerprint density at radius 2 is 1.79 bits per heavy atom. The molecule has 2 aromatic carbocycles. The zero-order valence-electron chi connectivity index (χ0n) is 16.0. The van der Waals surface area contributed by atoms with Gasteiger partial charge in [0.2, 0.25) is 5.91 Å². The minimum Gasteiger partial charge on any atom is -0.497 e. The summed E-state index contributed by atoms with van der Waals surface area (Å²) in [6.07, 6.45) is 6.91. The van der Waals surface area contributed by atoms with Crippen LogP contribution in [0.5, 0.6) is 11.5 Å². The molecular formula is C22H23N3O3. The van der Waals surface area contributed by atoms with Crippen LogP contribution in [0.3, 0.4) is 0 Å². The first-order chi connectivity index (χ1) is 13.7. The summed E-state index contributed by atoms with van der Waals surface area (Å²) in [5.74, 6) is 1.18. The Labute approximate surface area is 164 Å². The highest BCUT2D eigenvalue weighted by Gasteiger charge is 2.05. The van der Waals surface area contributed by atoms with Gasteiger partial charge in [0.1, 0.15) is 11.5 Å². The topological polar surface area (TPSA) is 65.4 Å². The number of carbonyl (C=O) groups is 1. The van der Waals surface area contributed by atoms with Gasteiger partial charge < -0.3 is 14.8 Å². The van der Waals surface area contributed by atoms with Gasteiger partial charge in [-0.25, -0.2) is 0 Å². The summed E-state index contributed by atoms with van der Waals surface area (Å²) in [4.78, 5) is 12.2. The van der Waals surface area contributed by atoms with E-state index >= 15 is 0 Å². The van der Waals surface area contributed by atoms with Crippen LogP contribution in [0.15, 0.2) is 67.0 Å². The van der Waals surface area contributed by atoms with Gasteiger partial charge >= 0.3 is 0 Å². The third-order valence-corrected chi connectivity index (χ3v) is 4.26. The highest BCUT2D eigenvalue weighted by molar-refractivity contribution is 5.91. The average Bonchev–Trinajstić information content (AvgIpc) is 3.24. The van der Waals surface area contributed by atoms with Gasteiger partial charge in [0.25, 0.3) is 0 Å². The summed E-state index contributed by atoms with van der Waals surface area (Å²) in [5.41, 5.74) is 3.00. The Balaban J connectivity index is 1.63. The van der Waals surface area contributed by atoms with E-state index in [0.29, 0.717) is 24.6 Å². The molecule has 28 heavy (non-hydrogen) atoms. The molecule has 0 aliphatic carbocycles. The van der Waals surface area contributed by atoms with Gasteiger partial charge in [-0.05, 0) is 41.0 Å². The average molecular weight is 377 g/mol. The summed E-state index contributed by atoms with van der Waals surface area (Å²) in [6.45, 7) is 1.11. The van der Waals surface area contributed by atoms with Crippen molar-refractivity contribution < 1.29 is 14.3 Å². The fourth-order valence-corrected chi connectivity index (χ4v) is 2.79. The molecule has 3 rings (SSSR count). The smallest absolute Gasteiger partial charge is 0.244 e. The van der Waals surface area contributed by atoms with Crippen molar-refractivity contribution in [1.82, 2.24) is 15.1 Å². The van der Waals surface area contributed by atoms with Gasteiger partial charge in [-0.15, -0.1) is 0 Å². The summed E-state index contributed by atoms with van der Waals surface area (Å²) in [7, 11) is 3.19. The molecule has 1 aromatic heterocycles. The molecule has 0 unspecified atom stereocenters. The maximum Gasteiger partial charge on any atom is 0.244 e. The minimum absolute atomic E-state index is 0.171.